The lowest BCUT2D eigenvalue weighted by molar-refractivity contribution is 0.930. The van der Waals surface area contributed by atoms with Crippen LogP contribution < -0.4 is 16.2 Å². The summed E-state index contributed by atoms with van der Waals surface area (Å²) >= 11 is 5.04. The van der Waals surface area contributed by atoms with Gasteiger partial charge in [0.15, 0.2) is 0 Å². The standard InChI is InChI=1S/C15H12BrN5S/c16-11-3-1-2-9(6-11)14-18-19-15(22-14)21-8-10-7-12(17)4-5-13(10)20-21/h1-7,20H,8,17H2. The molecule has 0 saturated heterocycles. The average molecular weight is 374 g/mol. The third-order valence-electron chi connectivity index (χ3n) is 3.43. The minimum Gasteiger partial charge on any atom is -0.399 e. The maximum atomic E-state index is 5.83. The van der Waals surface area contributed by atoms with E-state index in [2.05, 4.69) is 31.6 Å². The molecule has 0 amide bonds. The Bertz CT molecular complexity index is 847. The summed E-state index contributed by atoms with van der Waals surface area (Å²) in [5, 5.41) is 12.3. The fourth-order valence-electron chi connectivity index (χ4n) is 2.39. The summed E-state index contributed by atoms with van der Waals surface area (Å²) < 4.78 is 1.03. The van der Waals surface area contributed by atoms with Crippen molar-refractivity contribution in [2.45, 2.75) is 6.54 Å². The minimum atomic E-state index is 0.730. The molecule has 0 bridgehead atoms. The average Bonchev–Trinajstić information content (AvgIpc) is 3.13. The van der Waals surface area contributed by atoms with Crippen LogP contribution in [0.1, 0.15) is 5.56 Å². The van der Waals surface area contributed by atoms with Gasteiger partial charge in [0.2, 0.25) is 5.13 Å². The molecule has 1 aliphatic heterocycles. The number of anilines is 3. The summed E-state index contributed by atoms with van der Waals surface area (Å²) in [6.07, 6.45) is 0. The zero-order valence-electron chi connectivity index (χ0n) is 11.5. The van der Waals surface area contributed by atoms with Gasteiger partial charge in [-0.2, -0.15) is 0 Å². The number of hydrazine groups is 1. The van der Waals surface area contributed by atoms with Crippen molar-refractivity contribution in [2.24, 2.45) is 0 Å². The molecular weight excluding hydrogens is 362 g/mol. The molecule has 3 N–H and O–H groups in total. The number of nitrogens with two attached hydrogens (primary N) is 1. The van der Waals surface area contributed by atoms with Crippen molar-refractivity contribution in [3.8, 4) is 10.6 Å². The Labute approximate surface area is 139 Å². The Balaban J connectivity index is 1.61. The van der Waals surface area contributed by atoms with Crippen LogP contribution in [0.25, 0.3) is 10.6 Å². The highest BCUT2D eigenvalue weighted by Crippen LogP contribution is 2.35. The summed E-state index contributed by atoms with van der Waals surface area (Å²) in [6, 6.07) is 13.9. The van der Waals surface area contributed by atoms with Crippen LogP contribution in [0, 0.1) is 0 Å². The van der Waals surface area contributed by atoms with Crippen LogP contribution in [0.3, 0.4) is 0 Å². The number of hydrogen-bond donors (Lipinski definition) is 2. The maximum absolute atomic E-state index is 5.83. The summed E-state index contributed by atoms with van der Waals surface area (Å²) in [5.74, 6) is 0. The molecule has 4 rings (SSSR count). The van der Waals surface area contributed by atoms with Crippen LogP contribution in [0.4, 0.5) is 16.5 Å². The normalized spacial score (nSPS) is 13.0. The topological polar surface area (TPSA) is 67.1 Å². The fraction of sp³-hybridized carbons (Fsp3) is 0.0667. The van der Waals surface area contributed by atoms with E-state index in [9.17, 15) is 0 Å². The molecule has 22 heavy (non-hydrogen) atoms. The van der Waals surface area contributed by atoms with Gasteiger partial charge in [-0.25, -0.2) is 0 Å². The largest absolute Gasteiger partial charge is 0.399 e. The minimum absolute atomic E-state index is 0.730. The number of nitrogens with zero attached hydrogens (tertiary/aromatic N) is 3. The molecule has 3 aromatic rings. The van der Waals surface area contributed by atoms with E-state index in [0.29, 0.717) is 0 Å². The second-order valence-electron chi connectivity index (χ2n) is 5.01. The summed E-state index contributed by atoms with van der Waals surface area (Å²) in [7, 11) is 0. The van der Waals surface area contributed by atoms with Crippen LogP contribution in [-0.2, 0) is 6.54 Å². The van der Waals surface area contributed by atoms with Gasteiger partial charge in [0, 0.05) is 21.3 Å². The number of halogens is 1. The van der Waals surface area contributed by atoms with E-state index in [4.69, 9.17) is 5.73 Å². The molecule has 110 valence electrons. The lowest BCUT2D eigenvalue weighted by atomic mass is 10.2. The van der Waals surface area contributed by atoms with Crippen molar-refractivity contribution in [1.82, 2.24) is 10.2 Å². The summed E-state index contributed by atoms with van der Waals surface area (Å²) in [6.45, 7) is 0.730. The number of hydrogen-bond acceptors (Lipinski definition) is 6. The Kier molecular flexibility index (Phi) is 3.24. The Morgan fingerprint density at radius 3 is 2.95 bits per heavy atom. The van der Waals surface area contributed by atoms with Gasteiger partial charge in [0.05, 0.1) is 12.2 Å². The van der Waals surface area contributed by atoms with Crippen molar-refractivity contribution in [3.05, 3.63) is 52.5 Å². The Morgan fingerprint density at radius 1 is 1.18 bits per heavy atom. The third kappa shape index (κ3) is 2.42. The van der Waals surface area contributed by atoms with Gasteiger partial charge in [-0.15, -0.1) is 10.2 Å². The number of benzene rings is 2. The van der Waals surface area contributed by atoms with Gasteiger partial charge >= 0.3 is 0 Å². The Morgan fingerprint density at radius 2 is 2.09 bits per heavy atom. The van der Waals surface area contributed by atoms with Crippen molar-refractivity contribution in [3.63, 3.8) is 0 Å². The van der Waals surface area contributed by atoms with Gasteiger partial charge in [-0.1, -0.05) is 39.4 Å². The van der Waals surface area contributed by atoms with Crippen LogP contribution in [0.15, 0.2) is 46.9 Å². The Hall–Kier alpha value is -2.12. The molecule has 5 nitrogen and oxygen atoms in total. The molecule has 0 radical (unpaired) electrons. The smallest absolute Gasteiger partial charge is 0.227 e. The maximum Gasteiger partial charge on any atom is 0.227 e. The molecule has 2 aromatic carbocycles. The molecule has 0 saturated carbocycles. The fourth-order valence-corrected chi connectivity index (χ4v) is 3.59. The van der Waals surface area contributed by atoms with Crippen molar-refractivity contribution in [1.29, 1.82) is 0 Å². The molecular formula is C15H12BrN5S. The van der Waals surface area contributed by atoms with E-state index < -0.39 is 0 Å². The molecule has 0 aliphatic carbocycles. The highest BCUT2D eigenvalue weighted by atomic mass is 79.9. The van der Waals surface area contributed by atoms with Crippen LogP contribution in [0.5, 0.6) is 0 Å². The first-order valence-electron chi connectivity index (χ1n) is 6.71. The molecule has 2 heterocycles. The van der Waals surface area contributed by atoms with Crippen molar-refractivity contribution in [2.75, 3.05) is 16.2 Å². The number of rotatable bonds is 2. The number of aromatic nitrogens is 2. The van der Waals surface area contributed by atoms with Crippen LogP contribution in [-0.4, -0.2) is 10.2 Å². The quantitative estimate of drug-likeness (QED) is 0.666. The molecule has 1 aliphatic rings. The lowest BCUT2D eigenvalue weighted by Gasteiger charge is -2.13. The molecule has 0 spiro atoms. The molecule has 0 atom stereocenters. The molecule has 7 heteroatoms. The van der Waals surface area contributed by atoms with E-state index in [-0.39, 0.29) is 0 Å². The van der Waals surface area contributed by atoms with Gasteiger partial charge < -0.3 is 5.73 Å². The zero-order chi connectivity index (χ0) is 15.1. The van der Waals surface area contributed by atoms with Crippen molar-refractivity contribution < 1.29 is 0 Å². The van der Waals surface area contributed by atoms with E-state index in [0.717, 1.165) is 38.1 Å². The number of fused-ring (bicyclic) bond motifs is 1. The second-order valence-corrected chi connectivity index (χ2v) is 6.89. The third-order valence-corrected chi connectivity index (χ3v) is 4.92. The van der Waals surface area contributed by atoms with Crippen molar-refractivity contribution >= 4 is 43.8 Å². The highest BCUT2D eigenvalue weighted by molar-refractivity contribution is 9.10. The monoisotopic (exact) mass is 373 g/mol. The first-order chi connectivity index (χ1) is 10.7. The van der Waals surface area contributed by atoms with E-state index in [1.165, 1.54) is 5.56 Å². The van der Waals surface area contributed by atoms with E-state index in [1.54, 1.807) is 11.3 Å². The molecule has 0 unspecified atom stereocenters. The predicted molar refractivity (Wildman–Crippen MR) is 93.7 cm³/mol. The molecule has 1 aromatic heterocycles. The molecule has 0 fully saturated rings. The van der Waals surface area contributed by atoms with Gasteiger partial charge in [0.25, 0.3) is 0 Å². The van der Waals surface area contributed by atoms with Gasteiger partial charge in [0.1, 0.15) is 5.01 Å². The lowest BCUT2D eigenvalue weighted by Crippen LogP contribution is -2.22. The van der Waals surface area contributed by atoms with E-state index >= 15 is 0 Å². The summed E-state index contributed by atoms with van der Waals surface area (Å²) in [5.41, 5.74) is 13.2. The van der Waals surface area contributed by atoms with Gasteiger partial charge in [-0.05, 0) is 30.3 Å². The second kappa shape index (κ2) is 5.26. The SMILES string of the molecule is Nc1ccc2c(c1)CN(c1nnc(-c3cccc(Br)c3)s1)N2. The van der Waals surface area contributed by atoms with Crippen LogP contribution in [0.2, 0.25) is 0 Å². The van der Waals surface area contributed by atoms with Crippen LogP contribution >= 0.6 is 27.3 Å². The first kappa shape index (κ1) is 13.5. The summed E-state index contributed by atoms with van der Waals surface area (Å²) in [4.78, 5) is 0. The van der Waals surface area contributed by atoms with E-state index in [1.807, 2.05) is 47.5 Å². The zero-order valence-corrected chi connectivity index (χ0v) is 13.9. The van der Waals surface area contributed by atoms with Gasteiger partial charge in [-0.3, -0.25) is 10.4 Å². The number of nitrogen functional groups attached to an aromatic ring is 1. The highest BCUT2D eigenvalue weighted by Gasteiger charge is 2.22. The number of nitrogens with one attached hydrogen (secondary N) is 1. The first-order valence-corrected chi connectivity index (χ1v) is 8.32. The predicted octanol–water partition coefficient (Wildman–Crippen LogP) is 3.90.